The van der Waals surface area contributed by atoms with E-state index in [1.165, 1.54) is 11.3 Å². The second kappa shape index (κ2) is 7.26. The minimum Gasteiger partial charge on any atom is -0.352 e. The van der Waals surface area contributed by atoms with E-state index in [1.54, 1.807) is 43.3 Å². The molecule has 0 fully saturated rings. The fraction of sp³-hybridized carbons (Fsp3) is 0.167. The molecule has 0 aliphatic rings. The second-order valence-electron chi connectivity index (χ2n) is 5.67. The summed E-state index contributed by atoms with van der Waals surface area (Å²) in [6.45, 7) is 4.13. The highest BCUT2D eigenvalue weighted by Crippen LogP contribution is 2.36. The van der Waals surface area contributed by atoms with E-state index in [0.717, 1.165) is 4.70 Å². The van der Waals surface area contributed by atoms with Gasteiger partial charge in [0, 0.05) is 37.8 Å². The Morgan fingerprint density at radius 1 is 1.15 bits per heavy atom. The first-order valence-electron chi connectivity index (χ1n) is 7.91. The molecule has 0 bridgehead atoms. The molecule has 0 unspecified atom stereocenters. The van der Waals surface area contributed by atoms with Gasteiger partial charge in [0.1, 0.15) is 4.90 Å². The fourth-order valence-electron chi connectivity index (χ4n) is 2.66. The Kier molecular flexibility index (Phi) is 5.22. The molecule has 0 spiro atoms. The minimum absolute atomic E-state index is 0.198. The molecule has 2 aromatic carbocycles. The smallest absolute Gasteiger partial charge is 0.263 e. The molecule has 2 N–H and O–H groups in total. The Labute approximate surface area is 161 Å². The number of carbonyl (C=O) groups excluding carboxylic acids is 1. The van der Waals surface area contributed by atoms with E-state index in [9.17, 15) is 13.2 Å². The first-order chi connectivity index (χ1) is 12.3. The van der Waals surface area contributed by atoms with Crippen LogP contribution in [0, 0.1) is 6.92 Å². The van der Waals surface area contributed by atoms with Gasteiger partial charge in [-0.15, -0.1) is 11.3 Å². The lowest BCUT2D eigenvalue weighted by Crippen LogP contribution is -2.22. The van der Waals surface area contributed by atoms with Crippen molar-refractivity contribution in [3.8, 4) is 0 Å². The van der Waals surface area contributed by atoms with Crippen molar-refractivity contribution in [2.75, 3.05) is 11.3 Å². The third-order valence-corrected chi connectivity index (χ3v) is 6.79. The molecule has 0 radical (unpaired) electrons. The largest absolute Gasteiger partial charge is 0.352 e. The van der Waals surface area contributed by atoms with E-state index in [4.69, 9.17) is 11.6 Å². The van der Waals surface area contributed by atoms with Crippen molar-refractivity contribution < 1.29 is 13.2 Å². The van der Waals surface area contributed by atoms with Crippen molar-refractivity contribution >= 4 is 54.6 Å². The topological polar surface area (TPSA) is 75.3 Å². The van der Waals surface area contributed by atoms with Gasteiger partial charge in [-0.2, -0.15) is 0 Å². The SMILES string of the molecule is CCNC(=O)c1ccc(NS(=O)(=O)c2c(C)sc3ccc(Cl)cc23)cc1. The Hall–Kier alpha value is -2.09. The Bertz CT molecular complexity index is 1070. The van der Waals surface area contributed by atoms with E-state index in [-0.39, 0.29) is 10.8 Å². The van der Waals surface area contributed by atoms with Crippen LogP contribution in [-0.4, -0.2) is 20.9 Å². The van der Waals surface area contributed by atoms with E-state index >= 15 is 0 Å². The molecule has 1 heterocycles. The zero-order valence-corrected chi connectivity index (χ0v) is 16.6. The molecule has 3 rings (SSSR count). The predicted molar refractivity (Wildman–Crippen MR) is 107 cm³/mol. The van der Waals surface area contributed by atoms with Gasteiger partial charge in [0.05, 0.1) is 0 Å². The number of fused-ring (bicyclic) bond motifs is 1. The molecule has 0 atom stereocenters. The van der Waals surface area contributed by atoms with Crippen LogP contribution in [0.5, 0.6) is 0 Å². The van der Waals surface area contributed by atoms with Crippen LogP contribution in [-0.2, 0) is 10.0 Å². The number of halogens is 1. The van der Waals surface area contributed by atoms with Crippen LogP contribution in [0.3, 0.4) is 0 Å². The number of anilines is 1. The lowest BCUT2D eigenvalue weighted by molar-refractivity contribution is 0.0956. The molecule has 136 valence electrons. The highest BCUT2D eigenvalue weighted by Gasteiger charge is 2.23. The van der Waals surface area contributed by atoms with Gasteiger partial charge in [-0.05, 0) is 56.3 Å². The maximum absolute atomic E-state index is 12.9. The number of amides is 1. The predicted octanol–water partition coefficient (Wildman–Crippen LogP) is 4.41. The summed E-state index contributed by atoms with van der Waals surface area (Å²) in [5.74, 6) is -0.198. The number of sulfonamides is 1. The van der Waals surface area contributed by atoms with Gasteiger partial charge in [0.25, 0.3) is 15.9 Å². The first-order valence-corrected chi connectivity index (χ1v) is 10.6. The van der Waals surface area contributed by atoms with Crippen molar-refractivity contribution in [2.45, 2.75) is 18.7 Å². The minimum atomic E-state index is -3.79. The molecule has 1 amide bonds. The van der Waals surface area contributed by atoms with E-state index in [2.05, 4.69) is 10.0 Å². The maximum Gasteiger partial charge on any atom is 0.263 e. The lowest BCUT2D eigenvalue weighted by Gasteiger charge is -2.09. The van der Waals surface area contributed by atoms with Crippen LogP contribution in [0.15, 0.2) is 47.4 Å². The molecule has 3 aromatic rings. The summed E-state index contributed by atoms with van der Waals surface area (Å²) in [5.41, 5.74) is 0.859. The lowest BCUT2D eigenvalue weighted by atomic mass is 10.2. The summed E-state index contributed by atoms with van der Waals surface area (Å²) in [6.07, 6.45) is 0. The van der Waals surface area contributed by atoms with Crippen LogP contribution < -0.4 is 10.0 Å². The quantitative estimate of drug-likeness (QED) is 0.656. The number of carbonyl (C=O) groups is 1. The number of rotatable bonds is 5. The van der Waals surface area contributed by atoms with E-state index in [0.29, 0.717) is 33.1 Å². The molecule has 0 saturated heterocycles. The molecule has 0 saturated carbocycles. The Morgan fingerprint density at radius 3 is 2.50 bits per heavy atom. The molecular weight excluding hydrogens is 392 g/mol. The molecule has 26 heavy (non-hydrogen) atoms. The monoisotopic (exact) mass is 408 g/mol. The third kappa shape index (κ3) is 3.70. The van der Waals surface area contributed by atoms with E-state index in [1.807, 2.05) is 13.0 Å². The van der Waals surface area contributed by atoms with Crippen LogP contribution in [0.1, 0.15) is 22.2 Å². The Balaban J connectivity index is 1.94. The number of thiophene rings is 1. The van der Waals surface area contributed by atoms with Crippen molar-refractivity contribution in [2.24, 2.45) is 0 Å². The summed E-state index contributed by atoms with van der Waals surface area (Å²) < 4.78 is 29.2. The summed E-state index contributed by atoms with van der Waals surface area (Å²) in [5, 5.41) is 3.78. The normalized spacial score (nSPS) is 11.5. The molecule has 0 aliphatic heterocycles. The number of aryl methyl sites for hydroxylation is 1. The van der Waals surface area contributed by atoms with Crippen LogP contribution in [0.25, 0.3) is 10.1 Å². The maximum atomic E-state index is 12.9. The van der Waals surface area contributed by atoms with Crippen molar-refractivity contribution in [3.05, 3.63) is 57.9 Å². The fourth-order valence-corrected chi connectivity index (χ4v) is 5.68. The number of hydrogen-bond acceptors (Lipinski definition) is 4. The average Bonchev–Trinajstić information content (AvgIpc) is 2.91. The third-order valence-electron chi connectivity index (χ3n) is 3.77. The van der Waals surface area contributed by atoms with Crippen LogP contribution in [0.2, 0.25) is 5.02 Å². The summed E-state index contributed by atoms with van der Waals surface area (Å²) in [4.78, 5) is 12.7. The highest BCUT2D eigenvalue weighted by atomic mass is 35.5. The molecule has 0 aliphatic carbocycles. The van der Waals surface area contributed by atoms with Crippen molar-refractivity contribution in [1.29, 1.82) is 0 Å². The number of hydrogen-bond donors (Lipinski definition) is 2. The second-order valence-corrected chi connectivity index (χ2v) is 8.98. The summed E-state index contributed by atoms with van der Waals surface area (Å²) in [6, 6.07) is 11.5. The van der Waals surface area contributed by atoms with Crippen molar-refractivity contribution in [3.63, 3.8) is 0 Å². The highest BCUT2D eigenvalue weighted by molar-refractivity contribution is 7.93. The standard InChI is InChI=1S/C18H17ClN2O3S2/c1-3-20-18(22)12-4-7-14(8-5-12)21-26(23,24)17-11(2)25-16-9-6-13(19)10-15(16)17/h4-10,21H,3H2,1-2H3,(H,20,22). The molecule has 5 nitrogen and oxygen atoms in total. The van der Waals surface area contributed by atoms with Gasteiger partial charge in [0.15, 0.2) is 0 Å². The van der Waals surface area contributed by atoms with Crippen LogP contribution in [0.4, 0.5) is 5.69 Å². The molecule has 8 heteroatoms. The van der Waals surface area contributed by atoms with Gasteiger partial charge in [-0.1, -0.05) is 11.6 Å². The number of nitrogens with one attached hydrogen (secondary N) is 2. The van der Waals surface area contributed by atoms with Gasteiger partial charge < -0.3 is 5.32 Å². The van der Waals surface area contributed by atoms with Crippen LogP contribution >= 0.6 is 22.9 Å². The summed E-state index contributed by atoms with van der Waals surface area (Å²) in [7, 11) is -3.79. The zero-order valence-electron chi connectivity index (χ0n) is 14.2. The van der Waals surface area contributed by atoms with Gasteiger partial charge >= 0.3 is 0 Å². The summed E-state index contributed by atoms with van der Waals surface area (Å²) >= 11 is 7.44. The molecular formula is C18H17ClN2O3S2. The van der Waals surface area contributed by atoms with Gasteiger partial charge in [-0.3, -0.25) is 9.52 Å². The van der Waals surface area contributed by atoms with Gasteiger partial charge in [-0.25, -0.2) is 8.42 Å². The first kappa shape index (κ1) is 18.7. The Morgan fingerprint density at radius 2 is 1.85 bits per heavy atom. The van der Waals surface area contributed by atoms with Crippen molar-refractivity contribution in [1.82, 2.24) is 5.32 Å². The van der Waals surface area contributed by atoms with E-state index < -0.39 is 10.0 Å². The number of benzene rings is 2. The molecule has 1 aromatic heterocycles. The zero-order chi connectivity index (χ0) is 18.9. The average molecular weight is 409 g/mol. The van der Waals surface area contributed by atoms with Gasteiger partial charge in [0.2, 0.25) is 0 Å².